The molecule has 0 spiro atoms. The minimum atomic E-state index is -0.450. The van der Waals surface area contributed by atoms with Gasteiger partial charge in [0, 0.05) is 30.2 Å². The van der Waals surface area contributed by atoms with Crippen LogP contribution >= 0.6 is 0 Å². The molecule has 6 rings (SSSR count). The van der Waals surface area contributed by atoms with Crippen LogP contribution in [0.4, 0.5) is 0 Å². The number of phenolic OH excluding ortho intramolecular Hbond substituents is 3. The van der Waals surface area contributed by atoms with Crippen LogP contribution in [0, 0.1) is 17.3 Å². The number of rotatable bonds is 1. The van der Waals surface area contributed by atoms with E-state index in [0.717, 1.165) is 24.5 Å². The Kier molecular flexibility index (Phi) is 3.33. The maximum Gasteiger partial charge on any atom is 0.197 e. The number of hydrogen-bond donors (Lipinski definition) is 3. The highest BCUT2D eigenvalue weighted by molar-refractivity contribution is 5.86. The Hall–Kier alpha value is -3.15. The maximum absolute atomic E-state index is 12.7. The van der Waals surface area contributed by atoms with Gasteiger partial charge in [-0.2, -0.15) is 0 Å². The number of aromatic hydroxyl groups is 3. The fraction of sp³-hybridized carbons (Fsp3) is 0.400. The summed E-state index contributed by atoms with van der Waals surface area (Å²) in [4.78, 5) is 12.7. The third-order valence-electron chi connectivity index (χ3n) is 8.07. The fourth-order valence-electron chi connectivity index (χ4n) is 6.67. The Bertz CT molecular complexity index is 1340. The van der Waals surface area contributed by atoms with Crippen LogP contribution in [0.3, 0.4) is 0 Å². The van der Waals surface area contributed by atoms with Crippen LogP contribution in [0.2, 0.25) is 0 Å². The molecule has 6 heteroatoms. The second kappa shape index (κ2) is 5.55. The van der Waals surface area contributed by atoms with Gasteiger partial charge < -0.3 is 24.5 Å². The van der Waals surface area contributed by atoms with Crippen molar-refractivity contribution in [2.75, 3.05) is 0 Å². The summed E-state index contributed by atoms with van der Waals surface area (Å²) in [5, 5.41) is 30.6. The molecule has 2 heterocycles. The second-order valence-corrected chi connectivity index (χ2v) is 10.1. The molecule has 31 heavy (non-hydrogen) atoms. The van der Waals surface area contributed by atoms with Gasteiger partial charge >= 0.3 is 0 Å². The van der Waals surface area contributed by atoms with Gasteiger partial charge in [0.1, 0.15) is 45.3 Å². The zero-order valence-electron chi connectivity index (χ0n) is 17.6. The number of benzene rings is 2. The topological polar surface area (TPSA) is 100 Å². The highest BCUT2D eigenvalue weighted by Gasteiger charge is 2.69. The van der Waals surface area contributed by atoms with Gasteiger partial charge in [0.15, 0.2) is 5.43 Å². The third kappa shape index (κ3) is 2.25. The number of ether oxygens (including phenoxy) is 1. The molecule has 2 fully saturated rings. The lowest BCUT2D eigenvalue weighted by Gasteiger charge is -2.62. The molecule has 1 aliphatic heterocycles. The largest absolute Gasteiger partial charge is 0.508 e. The molecule has 6 nitrogen and oxygen atoms in total. The molecule has 0 bridgehead atoms. The summed E-state index contributed by atoms with van der Waals surface area (Å²) in [6.45, 7) is 6.77. The van der Waals surface area contributed by atoms with Gasteiger partial charge in [-0.3, -0.25) is 4.79 Å². The lowest BCUT2D eigenvalue weighted by atomic mass is 9.45. The van der Waals surface area contributed by atoms with E-state index in [2.05, 4.69) is 20.8 Å². The predicted molar refractivity (Wildman–Crippen MR) is 115 cm³/mol. The fourth-order valence-corrected chi connectivity index (χ4v) is 6.67. The highest BCUT2D eigenvalue weighted by Crippen LogP contribution is 2.73. The number of fused-ring (bicyclic) bond motifs is 3. The second-order valence-electron chi connectivity index (χ2n) is 10.1. The van der Waals surface area contributed by atoms with Crippen LogP contribution in [0.5, 0.6) is 23.0 Å². The Morgan fingerprint density at radius 3 is 2.55 bits per heavy atom. The molecule has 1 aromatic heterocycles. The molecule has 3 aromatic rings. The SMILES string of the molecule is CC12CCC3C1C(c1cc(-c4cc(=O)c5c(O)cc(O)cc5o4)c(O)cc1O2)C3(C)C. The van der Waals surface area contributed by atoms with Crippen LogP contribution in [-0.2, 0) is 0 Å². The molecule has 3 aliphatic rings. The summed E-state index contributed by atoms with van der Waals surface area (Å²) in [5.41, 5.74) is 0.938. The Balaban J connectivity index is 1.55. The quantitative estimate of drug-likeness (QED) is 0.519. The summed E-state index contributed by atoms with van der Waals surface area (Å²) in [6, 6.07) is 7.14. The van der Waals surface area contributed by atoms with Gasteiger partial charge in [-0.25, -0.2) is 0 Å². The average Bonchev–Trinajstić information content (AvgIpc) is 3.00. The zero-order valence-corrected chi connectivity index (χ0v) is 17.6. The van der Waals surface area contributed by atoms with Crippen molar-refractivity contribution in [1.29, 1.82) is 0 Å². The van der Waals surface area contributed by atoms with Gasteiger partial charge in [-0.1, -0.05) is 13.8 Å². The van der Waals surface area contributed by atoms with E-state index in [-0.39, 0.29) is 45.0 Å². The van der Waals surface area contributed by atoms with Crippen molar-refractivity contribution < 1.29 is 24.5 Å². The van der Waals surface area contributed by atoms with Crippen molar-refractivity contribution in [3.63, 3.8) is 0 Å². The van der Waals surface area contributed by atoms with E-state index >= 15 is 0 Å². The smallest absolute Gasteiger partial charge is 0.197 e. The van der Waals surface area contributed by atoms with Crippen molar-refractivity contribution in [1.82, 2.24) is 0 Å². The first-order valence-electron chi connectivity index (χ1n) is 10.7. The van der Waals surface area contributed by atoms with Gasteiger partial charge in [-0.15, -0.1) is 0 Å². The Morgan fingerprint density at radius 2 is 1.77 bits per heavy atom. The molecule has 2 aliphatic carbocycles. The highest BCUT2D eigenvalue weighted by atomic mass is 16.5. The standard InChI is InChI=1S/C25H24O6/c1-24(2)14-4-5-25(3)23(14)22(24)13-8-12(15(27)9-19(13)31-25)18-10-17(29)21-16(28)6-11(26)7-20(21)30-18/h6-10,14,22-23,26-28H,4-5H2,1-3H3. The average molecular weight is 420 g/mol. The number of phenols is 3. The normalized spacial score (nSPS) is 29.7. The number of hydrogen-bond acceptors (Lipinski definition) is 6. The van der Waals surface area contributed by atoms with Gasteiger partial charge in [0.25, 0.3) is 0 Å². The zero-order chi connectivity index (χ0) is 21.9. The van der Waals surface area contributed by atoms with E-state index in [1.807, 2.05) is 6.07 Å². The third-order valence-corrected chi connectivity index (χ3v) is 8.07. The van der Waals surface area contributed by atoms with E-state index < -0.39 is 5.43 Å². The lowest BCUT2D eigenvalue weighted by molar-refractivity contribution is -0.120. The van der Waals surface area contributed by atoms with E-state index in [4.69, 9.17) is 9.15 Å². The van der Waals surface area contributed by atoms with Crippen LogP contribution in [0.25, 0.3) is 22.3 Å². The summed E-state index contributed by atoms with van der Waals surface area (Å²) in [5.74, 6) is 1.61. The molecular weight excluding hydrogens is 396 g/mol. The molecule has 2 saturated carbocycles. The lowest BCUT2D eigenvalue weighted by Crippen LogP contribution is -2.59. The van der Waals surface area contributed by atoms with Crippen molar-refractivity contribution in [3.8, 4) is 34.3 Å². The molecule has 2 aromatic carbocycles. The summed E-state index contributed by atoms with van der Waals surface area (Å²) in [7, 11) is 0. The molecule has 4 atom stereocenters. The summed E-state index contributed by atoms with van der Waals surface area (Å²) >= 11 is 0. The van der Waals surface area contributed by atoms with E-state index in [1.54, 1.807) is 6.07 Å². The summed E-state index contributed by atoms with van der Waals surface area (Å²) in [6.07, 6.45) is 2.15. The first-order chi connectivity index (χ1) is 14.6. The molecule has 0 radical (unpaired) electrons. The predicted octanol–water partition coefficient (Wildman–Crippen LogP) is 4.88. The molecule has 160 valence electrons. The first kappa shape index (κ1) is 18.6. The van der Waals surface area contributed by atoms with Crippen LogP contribution in [-0.4, -0.2) is 20.9 Å². The van der Waals surface area contributed by atoms with Gasteiger partial charge in [-0.05, 0) is 48.6 Å². The molecule has 3 N–H and O–H groups in total. The van der Waals surface area contributed by atoms with Gasteiger partial charge in [0.05, 0.1) is 5.56 Å². The monoisotopic (exact) mass is 420 g/mol. The van der Waals surface area contributed by atoms with Crippen LogP contribution < -0.4 is 10.2 Å². The van der Waals surface area contributed by atoms with Crippen molar-refractivity contribution in [2.45, 2.75) is 45.1 Å². The van der Waals surface area contributed by atoms with Crippen LogP contribution in [0.1, 0.15) is 45.1 Å². The van der Waals surface area contributed by atoms with Crippen LogP contribution in [0.15, 0.2) is 39.5 Å². The van der Waals surface area contributed by atoms with E-state index in [9.17, 15) is 20.1 Å². The summed E-state index contributed by atoms with van der Waals surface area (Å²) < 4.78 is 12.3. The minimum Gasteiger partial charge on any atom is -0.508 e. The Morgan fingerprint density at radius 1 is 1.00 bits per heavy atom. The molecular formula is C25H24O6. The van der Waals surface area contributed by atoms with E-state index in [0.29, 0.717) is 29.1 Å². The minimum absolute atomic E-state index is 0.00739. The molecule has 0 saturated heterocycles. The Labute approximate surface area is 178 Å². The van der Waals surface area contributed by atoms with Crippen molar-refractivity contribution >= 4 is 11.0 Å². The van der Waals surface area contributed by atoms with Crippen molar-refractivity contribution in [3.05, 3.63) is 46.1 Å². The van der Waals surface area contributed by atoms with Gasteiger partial charge in [0.2, 0.25) is 0 Å². The first-order valence-corrected chi connectivity index (χ1v) is 10.7. The van der Waals surface area contributed by atoms with E-state index in [1.165, 1.54) is 12.1 Å². The van der Waals surface area contributed by atoms with Crippen molar-refractivity contribution in [2.24, 2.45) is 17.3 Å². The molecule has 4 unspecified atom stereocenters. The maximum atomic E-state index is 12.7. The molecule has 0 amide bonds.